The molecule has 92 valence electrons. The summed E-state index contributed by atoms with van der Waals surface area (Å²) in [5, 5.41) is 2.97. The number of nitrogen functional groups attached to an aromatic ring is 1. The maximum atomic E-state index is 12.0. The molecule has 17 heavy (non-hydrogen) atoms. The molecule has 1 fully saturated rings. The van der Waals surface area contributed by atoms with Crippen LogP contribution in [-0.2, 0) is 4.74 Å². The highest BCUT2D eigenvalue weighted by Crippen LogP contribution is 2.15. The number of ether oxygens (including phenoxy) is 1. The average molecular weight is 235 g/mol. The first-order valence-electron chi connectivity index (χ1n) is 5.79. The molecule has 0 radical (unpaired) electrons. The number of hydrogen-bond donors (Lipinski definition) is 2. The number of aromatic nitrogens is 1. The second kappa shape index (κ2) is 5.14. The van der Waals surface area contributed by atoms with Crippen LogP contribution in [0.1, 0.15) is 30.1 Å². The SMILES string of the molecule is CC1CC(NC(=O)c2cnccc2N)CCO1. The van der Waals surface area contributed by atoms with E-state index in [0.717, 1.165) is 12.8 Å². The Labute approximate surface area is 100 Å². The van der Waals surface area contributed by atoms with E-state index in [2.05, 4.69) is 10.3 Å². The van der Waals surface area contributed by atoms with Crippen LogP contribution in [0, 0.1) is 0 Å². The second-order valence-corrected chi connectivity index (χ2v) is 4.34. The molecule has 0 aromatic carbocycles. The van der Waals surface area contributed by atoms with E-state index in [4.69, 9.17) is 10.5 Å². The van der Waals surface area contributed by atoms with E-state index < -0.39 is 0 Å². The smallest absolute Gasteiger partial charge is 0.255 e. The normalized spacial score (nSPS) is 24.3. The summed E-state index contributed by atoms with van der Waals surface area (Å²) in [6, 6.07) is 1.78. The van der Waals surface area contributed by atoms with E-state index in [1.807, 2.05) is 6.92 Å². The van der Waals surface area contributed by atoms with Gasteiger partial charge in [-0.2, -0.15) is 0 Å². The van der Waals surface area contributed by atoms with E-state index in [9.17, 15) is 4.79 Å². The first kappa shape index (κ1) is 11.9. The Morgan fingerprint density at radius 2 is 2.47 bits per heavy atom. The van der Waals surface area contributed by atoms with Gasteiger partial charge >= 0.3 is 0 Å². The molecule has 2 rings (SSSR count). The van der Waals surface area contributed by atoms with Crippen LogP contribution in [0.3, 0.4) is 0 Å². The number of rotatable bonds is 2. The molecular formula is C12H17N3O2. The third-order valence-corrected chi connectivity index (χ3v) is 2.92. The van der Waals surface area contributed by atoms with E-state index in [0.29, 0.717) is 17.9 Å². The third kappa shape index (κ3) is 2.94. The number of anilines is 1. The summed E-state index contributed by atoms with van der Waals surface area (Å²) < 4.78 is 5.43. The Morgan fingerprint density at radius 1 is 1.65 bits per heavy atom. The van der Waals surface area contributed by atoms with Gasteiger partial charge in [-0.15, -0.1) is 0 Å². The minimum Gasteiger partial charge on any atom is -0.398 e. The van der Waals surface area contributed by atoms with Gasteiger partial charge in [0, 0.05) is 30.7 Å². The lowest BCUT2D eigenvalue weighted by Crippen LogP contribution is -2.41. The number of carbonyl (C=O) groups is 1. The summed E-state index contributed by atoms with van der Waals surface area (Å²) in [5.74, 6) is -0.158. The summed E-state index contributed by atoms with van der Waals surface area (Å²) in [6.07, 6.45) is 4.94. The van der Waals surface area contributed by atoms with E-state index in [1.165, 1.54) is 6.20 Å². The molecule has 0 aliphatic carbocycles. The third-order valence-electron chi connectivity index (χ3n) is 2.92. The molecule has 2 atom stereocenters. The van der Waals surface area contributed by atoms with Crippen LogP contribution in [-0.4, -0.2) is 29.6 Å². The Hall–Kier alpha value is -1.62. The molecule has 0 spiro atoms. The molecule has 0 bridgehead atoms. The van der Waals surface area contributed by atoms with Crippen molar-refractivity contribution in [2.24, 2.45) is 0 Å². The first-order chi connectivity index (χ1) is 8.16. The van der Waals surface area contributed by atoms with Gasteiger partial charge in [-0.25, -0.2) is 0 Å². The molecule has 5 heteroatoms. The maximum Gasteiger partial charge on any atom is 0.255 e. The zero-order chi connectivity index (χ0) is 12.3. The van der Waals surface area contributed by atoms with Gasteiger partial charge in [-0.05, 0) is 25.8 Å². The molecule has 0 saturated carbocycles. The van der Waals surface area contributed by atoms with Crippen LogP contribution >= 0.6 is 0 Å². The minimum atomic E-state index is -0.158. The fourth-order valence-electron chi connectivity index (χ4n) is 1.99. The molecule has 2 heterocycles. The fourth-order valence-corrected chi connectivity index (χ4v) is 1.99. The maximum absolute atomic E-state index is 12.0. The Morgan fingerprint density at radius 3 is 3.18 bits per heavy atom. The lowest BCUT2D eigenvalue weighted by Gasteiger charge is -2.28. The predicted molar refractivity (Wildman–Crippen MR) is 64.6 cm³/mol. The molecule has 1 aromatic heterocycles. The summed E-state index contributed by atoms with van der Waals surface area (Å²) in [4.78, 5) is 15.9. The number of nitrogens with one attached hydrogen (secondary N) is 1. The molecule has 1 amide bonds. The van der Waals surface area contributed by atoms with Crippen molar-refractivity contribution >= 4 is 11.6 Å². The number of pyridine rings is 1. The number of hydrogen-bond acceptors (Lipinski definition) is 4. The number of nitrogens with two attached hydrogens (primary N) is 1. The minimum absolute atomic E-state index is 0.158. The quantitative estimate of drug-likeness (QED) is 0.800. The van der Waals surface area contributed by atoms with Crippen LogP contribution in [0.15, 0.2) is 18.5 Å². The van der Waals surface area contributed by atoms with Crippen molar-refractivity contribution in [3.05, 3.63) is 24.0 Å². The molecule has 1 aliphatic heterocycles. The fraction of sp³-hybridized carbons (Fsp3) is 0.500. The van der Waals surface area contributed by atoms with Gasteiger partial charge in [0.15, 0.2) is 0 Å². The van der Waals surface area contributed by atoms with Crippen molar-refractivity contribution in [3.8, 4) is 0 Å². The monoisotopic (exact) mass is 235 g/mol. The summed E-state index contributed by atoms with van der Waals surface area (Å²) >= 11 is 0. The summed E-state index contributed by atoms with van der Waals surface area (Å²) in [7, 11) is 0. The zero-order valence-corrected chi connectivity index (χ0v) is 9.85. The molecular weight excluding hydrogens is 218 g/mol. The molecule has 1 saturated heterocycles. The summed E-state index contributed by atoms with van der Waals surface area (Å²) in [5.41, 5.74) is 6.62. The van der Waals surface area contributed by atoms with Crippen molar-refractivity contribution < 1.29 is 9.53 Å². The standard InChI is InChI=1S/C12H17N3O2/c1-8-6-9(3-5-17-8)15-12(16)10-7-14-4-2-11(10)13/h2,4,7-9H,3,5-6H2,1H3,(H2,13,14)(H,15,16). The molecule has 1 aromatic rings. The van der Waals surface area contributed by atoms with Crippen molar-refractivity contribution in [1.82, 2.24) is 10.3 Å². The highest BCUT2D eigenvalue weighted by atomic mass is 16.5. The molecule has 2 unspecified atom stereocenters. The zero-order valence-electron chi connectivity index (χ0n) is 9.85. The first-order valence-corrected chi connectivity index (χ1v) is 5.79. The van der Waals surface area contributed by atoms with E-state index in [1.54, 1.807) is 12.3 Å². The van der Waals surface area contributed by atoms with Crippen LogP contribution in [0.2, 0.25) is 0 Å². The average Bonchev–Trinajstić information content (AvgIpc) is 2.29. The van der Waals surface area contributed by atoms with Crippen molar-refractivity contribution in [2.75, 3.05) is 12.3 Å². The van der Waals surface area contributed by atoms with Crippen LogP contribution < -0.4 is 11.1 Å². The number of amides is 1. The van der Waals surface area contributed by atoms with Crippen LogP contribution in [0.25, 0.3) is 0 Å². The number of carbonyl (C=O) groups excluding carboxylic acids is 1. The Balaban J connectivity index is 1.99. The second-order valence-electron chi connectivity index (χ2n) is 4.34. The largest absolute Gasteiger partial charge is 0.398 e. The Bertz CT molecular complexity index is 408. The molecule has 3 N–H and O–H groups in total. The van der Waals surface area contributed by atoms with Gasteiger partial charge in [-0.1, -0.05) is 0 Å². The van der Waals surface area contributed by atoms with E-state index >= 15 is 0 Å². The van der Waals surface area contributed by atoms with Crippen molar-refractivity contribution in [3.63, 3.8) is 0 Å². The van der Waals surface area contributed by atoms with Gasteiger partial charge in [-0.3, -0.25) is 9.78 Å². The van der Waals surface area contributed by atoms with Crippen molar-refractivity contribution in [1.29, 1.82) is 0 Å². The topological polar surface area (TPSA) is 77.2 Å². The lowest BCUT2D eigenvalue weighted by atomic mass is 10.0. The predicted octanol–water partition coefficient (Wildman–Crippen LogP) is 0.961. The van der Waals surface area contributed by atoms with E-state index in [-0.39, 0.29) is 18.1 Å². The highest BCUT2D eigenvalue weighted by Gasteiger charge is 2.22. The molecule has 1 aliphatic rings. The highest BCUT2D eigenvalue weighted by molar-refractivity contribution is 5.98. The van der Waals surface area contributed by atoms with Gasteiger partial charge in [0.05, 0.1) is 11.7 Å². The van der Waals surface area contributed by atoms with Gasteiger partial charge in [0.2, 0.25) is 0 Å². The Kier molecular flexibility index (Phi) is 3.58. The van der Waals surface area contributed by atoms with Crippen LogP contribution in [0.4, 0.5) is 5.69 Å². The summed E-state index contributed by atoms with van der Waals surface area (Å²) in [6.45, 7) is 2.70. The van der Waals surface area contributed by atoms with Gasteiger partial charge < -0.3 is 15.8 Å². The van der Waals surface area contributed by atoms with Crippen LogP contribution in [0.5, 0.6) is 0 Å². The number of nitrogens with zero attached hydrogens (tertiary/aromatic N) is 1. The van der Waals surface area contributed by atoms with Gasteiger partial charge in [0.1, 0.15) is 0 Å². The lowest BCUT2D eigenvalue weighted by molar-refractivity contribution is 0.0137. The van der Waals surface area contributed by atoms with Gasteiger partial charge in [0.25, 0.3) is 5.91 Å². The van der Waals surface area contributed by atoms with Crippen molar-refractivity contribution in [2.45, 2.75) is 31.9 Å². The molecule has 5 nitrogen and oxygen atoms in total.